The summed E-state index contributed by atoms with van der Waals surface area (Å²) in [6, 6.07) is 2.29. The lowest BCUT2D eigenvalue weighted by Crippen LogP contribution is -2.37. The van der Waals surface area contributed by atoms with Crippen LogP contribution in [0.2, 0.25) is 0 Å². The molecule has 1 saturated carbocycles. The third-order valence-electron chi connectivity index (χ3n) is 3.25. The van der Waals surface area contributed by atoms with Gasteiger partial charge >= 0.3 is 5.97 Å². The maximum absolute atomic E-state index is 11.4. The van der Waals surface area contributed by atoms with E-state index in [2.05, 4.69) is 10.1 Å². The molecule has 0 N–H and O–H groups in total. The summed E-state index contributed by atoms with van der Waals surface area (Å²) in [4.78, 5) is 13.5. The minimum Gasteiger partial charge on any atom is -0.468 e. The average Bonchev–Trinajstić information content (AvgIpc) is 3.00. The Hall–Kier alpha value is -1.36. The van der Waals surface area contributed by atoms with Crippen LogP contribution in [0.15, 0.2) is 16.8 Å². The Balaban J connectivity index is 1.98. The summed E-state index contributed by atoms with van der Waals surface area (Å²) in [6.45, 7) is 0.946. The molecule has 0 radical (unpaired) electrons. The van der Waals surface area contributed by atoms with E-state index in [4.69, 9.17) is 9.26 Å². The highest BCUT2D eigenvalue weighted by molar-refractivity contribution is 5.71. The van der Waals surface area contributed by atoms with Crippen LogP contribution in [0.1, 0.15) is 31.4 Å². The Bertz CT molecular complexity index is 345. The van der Waals surface area contributed by atoms with Crippen molar-refractivity contribution in [1.29, 1.82) is 0 Å². The first-order valence-electron chi connectivity index (χ1n) is 6.00. The van der Waals surface area contributed by atoms with Crippen molar-refractivity contribution in [1.82, 2.24) is 10.1 Å². The van der Waals surface area contributed by atoms with E-state index in [1.807, 2.05) is 6.07 Å². The van der Waals surface area contributed by atoms with Crippen LogP contribution in [-0.2, 0) is 16.1 Å². The van der Waals surface area contributed by atoms with Gasteiger partial charge in [0.1, 0.15) is 0 Å². The molecule has 1 aliphatic carbocycles. The van der Waals surface area contributed by atoms with E-state index in [1.54, 1.807) is 6.20 Å². The SMILES string of the molecule is COC(=O)CN(Cc1ccno1)C1CCCC1. The van der Waals surface area contributed by atoms with Crippen molar-refractivity contribution in [2.24, 2.45) is 0 Å². The number of carbonyl (C=O) groups excluding carboxylic acids is 1. The number of hydrogen-bond donors (Lipinski definition) is 0. The molecule has 1 aromatic heterocycles. The van der Waals surface area contributed by atoms with Gasteiger partial charge in [0.2, 0.25) is 0 Å². The highest BCUT2D eigenvalue weighted by Crippen LogP contribution is 2.24. The first-order chi connectivity index (χ1) is 8.29. The Kier molecular flexibility index (Phi) is 4.14. The quantitative estimate of drug-likeness (QED) is 0.729. The van der Waals surface area contributed by atoms with Gasteiger partial charge in [-0.05, 0) is 12.8 Å². The van der Waals surface area contributed by atoms with E-state index in [1.165, 1.54) is 20.0 Å². The zero-order valence-electron chi connectivity index (χ0n) is 10.1. The fraction of sp³-hybridized carbons (Fsp3) is 0.667. The van der Waals surface area contributed by atoms with Gasteiger partial charge in [0.15, 0.2) is 5.76 Å². The van der Waals surface area contributed by atoms with Gasteiger partial charge in [-0.15, -0.1) is 0 Å². The number of carbonyl (C=O) groups is 1. The second kappa shape index (κ2) is 5.82. The minimum atomic E-state index is -0.198. The van der Waals surface area contributed by atoms with Crippen LogP contribution in [0, 0.1) is 0 Å². The zero-order valence-corrected chi connectivity index (χ0v) is 10.1. The van der Waals surface area contributed by atoms with Crippen molar-refractivity contribution >= 4 is 5.97 Å². The van der Waals surface area contributed by atoms with E-state index >= 15 is 0 Å². The molecule has 5 heteroatoms. The van der Waals surface area contributed by atoms with Gasteiger partial charge in [-0.1, -0.05) is 18.0 Å². The molecule has 0 atom stereocenters. The third-order valence-corrected chi connectivity index (χ3v) is 3.25. The Morgan fingerprint density at radius 2 is 2.35 bits per heavy atom. The van der Waals surface area contributed by atoms with Crippen LogP contribution < -0.4 is 0 Å². The van der Waals surface area contributed by atoms with Gasteiger partial charge in [0.25, 0.3) is 0 Å². The van der Waals surface area contributed by atoms with E-state index in [-0.39, 0.29) is 5.97 Å². The minimum absolute atomic E-state index is 0.198. The highest BCUT2D eigenvalue weighted by Gasteiger charge is 2.25. The topological polar surface area (TPSA) is 55.6 Å². The van der Waals surface area contributed by atoms with Crippen LogP contribution in [0.5, 0.6) is 0 Å². The molecule has 0 bridgehead atoms. The molecule has 1 aliphatic rings. The van der Waals surface area contributed by atoms with Crippen molar-refractivity contribution in [3.8, 4) is 0 Å². The lowest BCUT2D eigenvalue weighted by Gasteiger charge is -2.26. The number of nitrogens with zero attached hydrogens (tertiary/aromatic N) is 2. The fourth-order valence-corrected chi connectivity index (χ4v) is 2.34. The van der Waals surface area contributed by atoms with Crippen molar-refractivity contribution in [2.75, 3.05) is 13.7 Å². The monoisotopic (exact) mass is 238 g/mol. The lowest BCUT2D eigenvalue weighted by molar-refractivity contribution is -0.142. The van der Waals surface area contributed by atoms with Crippen LogP contribution in [0.4, 0.5) is 0 Å². The van der Waals surface area contributed by atoms with Gasteiger partial charge in [0.05, 0.1) is 26.4 Å². The molecule has 0 spiro atoms. The Morgan fingerprint density at radius 3 is 2.94 bits per heavy atom. The van der Waals surface area contributed by atoms with E-state index in [0.29, 0.717) is 19.1 Å². The summed E-state index contributed by atoms with van der Waals surface area (Å²) < 4.78 is 9.83. The molecule has 0 saturated heterocycles. The second-order valence-corrected chi connectivity index (χ2v) is 4.40. The van der Waals surface area contributed by atoms with Crippen LogP contribution >= 0.6 is 0 Å². The molecule has 2 rings (SSSR count). The molecule has 17 heavy (non-hydrogen) atoms. The molecule has 94 valence electrons. The predicted molar refractivity (Wildman–Crippen MR) is 61.2 cm³/mol. The van der Waals surface area contributed by atoms with Gasteiger partial charge in [-0.3, -0.25) is 9.69 Å². The van der Waals surface area contributed by atoms with Crippen molar-refractivity contribution < 1.29 is 14.1 Å². The van der Waals surface area contributed by atoms with Crippen molar-refractivity contribution in [3.05, 3.63) is 18.0 Å². The zero-order chi connectivity index (χ0) is 12.1. The summed E-state index contributed by atoms with van der Waals surface area (Å²) in [5.74, 6) is 0.595. The smallest absolute Gasteiger partial charge is 0.319 e. The summed E-state index contributed by atoms with van der Waals surface area (Å²) in [7, 11) is 1.42. The normalized spacial score (nSPS) is 16.6. The van der Waals surface area contributed by atoms with Gasteiger partial charge in [0, 0.05) is 12.1 Å². The van der Waals surface area contributed by atoms with Crippen molar-refractivity contribution in [3.63, 3.8) is 0 Å². The van der Waals surface area contributed by atoms with E-state index in [9.17, 15) is 4.79 Å². The molecule has 5 nitrogen and oxygen atoms in total. The summed E-state index contributed by atoms with van der Waals surface area (Å²) in [5, 5.41) is 3.68. The first-order valence-corrected chi connectivity index (χ1v) is 6.00. The molecule has 0 amide bonds. The molecule has 0 unspecified atom stereocenters. The molecule has 0 aliphatic heterocycles. The number of methoxy groups -OCH3 is 1. The molecular weight excluding hydrogens is 220 g/mol. The summed E-state index contributed by atoms with van der Waals surface area (Å²) >= 11 is 0. The standard InChI is InChI=1S/C12H18N2O3/c1-16-12(15)9-14(10-4-2-3-5-10)8-11-6-7-13-17-11/h6-7,10H,2-5,8-9H2,1H3. The maximum Gasteiger partial charge on any atom is 0.319 e. The lowest BCUT2D eigenvalue weighted by atomic mass is 10.2. The van der Waals surface area contributed by atoms with Gasteiger partial charge in [-0.2, -0.15) is 0 Å². The van der Waals surface area contributed by atoms with Gasteiger partial charge in [-0.25, -0.2) is 0 Å². The van der Waals surface area contributed by atoms with E-state index < -0.39 is 0 Å². The molecule has 0 aromatic carbocycles. The van der Waals surface area contributed by atoms with Gasteiger partial charge < -0.3 is 9.26 Å². The predicted octanol–water partition coefficient (Wildman–Crippen LogP) is 1.59. The molecule has 1 heterocycles. The number of ether oxygens (including phenoxy) is 1. The molecule has 1 aromatic rings. The van der Waals surface area contributed by atoms with Crippen LogP contribution in [-0.4, -0.2) is 35.7 Å². The number of aromatic nitrogens is 1. The maximum atomic E-state index is 11.4. The largest absolute Gasteiger partial charge is 0.468 e. The average molecular weight is 238 g/mol. The Labute approximate surface area is 101 Å². The second-order valence-electron chi connectivity index (χ2n) is 4.40. The summed E-state index contributed by atoms with van der Waals surface area (Å²) in [6.07, 6.45) is 6.38. The summed E-state index contributed by atoms with van der Waals surface area (Å²) in [5.41, 5.74) is 0. The number of hydrogen-bond acceptors (Lipinski definition) is 5. The molecular formula is C12H18N2O3. The fourth-order valence-electron chi connectivity index (χ4n) is 2.34. The highest BCUT2D eigenvalue weighted by atomic mass is 16.5. The number of esters is 1. The third kappa shape index (κ3) is 3.30. The van der Waals surface area contributed by atoms with E-state index in [0.717, 1.165) is 18.6 Å². The van der Waals surface area contributed by atoms with Crippen molar-refractivity contribution in [2.45, 2.75) is 38.3 Å². The first kappa shape index (κ1) is 12.1. The molecule has 1 fully saturated rings. The number of rotatable bonds is 5. The van der Waals surface area contributed by atoms with Crippen LogP contribution in [0.3, 0.4) is 0 Å². The van der Waals surface area contributed by atoms with Crippen LogP contribution in [0.25, 0.3) is 0 Å². The Morgan fingerprint density at radius 1 is 1.59 bits per heavy atom.